The van der Waals surface area contributed by atoms with Crippen molar-refractivity contribution in [1.82, 2.24) is 0 Å². The van der Waals surface area contributed by atoms with E-state index in [4.69, 9.17) is 14.6 Å². The van der Waals surface area contributed by atoms with Crippen molar-refractivity contribution in [2.45, 2.75) is 13.8 Å². The first-order chi connectivity index (χ1) is 10.5. The van der Waals surface area contributed by atoms with Gasteiger partial charge in [0.2, 0.25) is 0 Å². The van der Waals surface area contributed by atoms with Crippen molar-refractivity contribution in [3.8, 4) is 0 Å². The SMILES string of the molecule is C=C(C)C(=O)OCCO.C=CC(=O)OCCOCCOCC. The first-order valence-corrected chi connectivity index (χ1v) is 6.87. The molecule has 7 nitrogen and oxygen atoms in total. The van der Waals surface area contributed by atoms with Gasteiger partial charge in [0.05, 0.1) is 26.4 Å². The molecule has 22 heavy (non-hydrogen) atoms. The van der Waals surface area contributed by atoms with Crippen LogP contribution in [0.4, 0.5) is 0 Å². The lowest BCUT2D eigenvalue weighted by atomic mass is 10.4. The molecule has 0 fully saturated rings. The van der Waals surface area contributed by atoms with Gasteiger partial charge in [0.25, 0.3) is 0 Å². The summed E-state index contributed by atoms with van der Waals surface area (Å²) in [6, 6.07) is 0. The lowest BCUT2D eigenvalue weighted by Gasteiger charge is -2.04. The number of rotatable bonds is 11. The maximum absolute atomic E-state index is 10.5. The quantitative estimate of drug-likeness (QED) is 0.343. The number of hydrogen-bond acceptors (Lipinski definition) is 7. The van der Waals surface area contributed by atoms with Crippen LogP contribution in [0, 0.1) is 0 Å². The van der Waals surface area contributed by atoms with E-state index in [1.165, 1.54) is 0 Å². The van der Waals surface area contributed by atoms with Gasteiger partial charge in [0.1, 0.15) is 13.2 Å². The second kappa shape index (κ2) is 17.4. The molecule has 0 bridgehead atoms. The van der Waals surface area contributed by atoms with Gasteiger partial charge in [-0.1, -0.05) is 13.2 Å². The van der Waals surface area contributed by atoms with Crippen molar-refractivity contribution in [2.24, 2.45) is 0 Å². The third-order valence-corrected chi connectivity index (χ3v) is 1.89. The van der Waals surface area contributed by atoms with Crippen molar-refractivity contribution < 1.29 is 33.6 Å². The number of carbonyl (C=O) groups is 2. The van der Waals surface area contributed by atoms with Crippen LogP contribution in [-0.4, -0.2) is 63.3 Å². The number of carbonyl (C=O) groups excluding carboxylic acids is 2. The first kappa shape index (κ1) is 22.6. The average Bonchev–Trinajstić information content (AvgIpc) is 2.51. The summed E-state index contributed by atoms with van der Waals surface area (Å²) in [5, 5.41) is 8.19. The van der Waals surface area contributed by atoms with Gasteiger partial charge in [-0.25, -0.2) is 9.59 Å². The van der Waals surface area contributed by atoms with Crippen molar-refractivity contribution in [3.63, 3.8) is 0 Å². The Bertz CT molecular complexity index is 326. The second-order valence-corrected chi connectivity index (χ2v) is 3.82. The molecule has 0 radical (unpaired) electrons. The highest BCUT2D eigenvalue weighted by atomic mass is 16.6. The van der Waals surface area contributed by atoms with Crippen LogP contribution in [0.15, 0.2) is 24.8 Å². The van der Waals surface area contributed by atoms with Gasteiger partial charge in [-0.2, -0.15) is 0 Å². The molecule has 0 aromatic heterocycles. The van der Waals surface area contributed by atoms with Crippen LogP contribution in [0.2, 0.25) is 0 Å². The minimum absolute atomic E-state index is 0.0473. The highest BCUT2D eigenvalue weighted by molar-refractivity contribution is 5.86. The lowest BCUT2D eigenvalue weighted by molar-refractivity contribution is -0.140. The number of aliphatic hydroxyl groups excluding tert-OH is 1. The molecule has 0 amide bonds. The summed E-state index contributed by atoms with van der Waals surface area (Å²) >= 11 is 0. The molecule has 0 aliphatic rings. The van der Waals surface area contributed by atoms with E-state index in [1.807, 2.05) is 6.92 Å². The van der Waals surface area contributed by atoms with Gasteiger partial charge < -0.3 is 24.1 Å². The molecule has 0 spiro atoms. The number of ether oxygens (including phenoxy) is 4. The monoisotopic (exact) mass is 318 g/mol. The van der Waals surface area contributed by atoms with E-state index >= 15 is 0 Å². The van der Waals surface area contributed by atoms with E-state index in [0.29, 0.717) is 32.0 Å². The van der Waals surface area contributed by atoms with Crippen molar-refractivity contribution >= 4 is 11.9 Å². The Morgan fingerprint density at radius 2 is 1.64 bits per heavy atom. The van der Waals surface area contributed by atoms with Crippen LogP contribution in [0.3, 0.4) is 0 Å². The third kappa shape index (κ3) is 18.3. The third-order valence-electron chi connectivity index (χ3n) is 1.89. The van der Waals surface area contributed by atoms with E-state index in [2.05, 4.69) is 22.6 Å². The largest absolute Gasteiger partial charge is 0.460 e. The fraction of sp³-hybridized carbons (Fsp3) is 0.600. The molecule has 0 saturated heterocycles. The molecule has 0 rings (SSSR count). The molecule has 0 aromatic rings. The Morgan fingerprint density at radius 1 is 1.05 bits per heavy atom. The Labute approximate surface area is 131 Å². The summed E-state index contributed by atoms with van der Waals surface area (Å²) in [4.78, 5) is 21.0. The summed E-state index contributed by atoms with van der Waals surface area (Å²) in [5.74, 6) is -0.877. The summed E-state index contributed by atoms with van der Waals surface area (Å²) in [5.41, 5.74) is 0.350. The van der Waals surface area contributed by atoms with Crippen LogP contribution in [-0.2, 0) is 28.5 Å². The van der Waals surface area contributed by atoms with Crippen molar-refractivity contribution in [3.05, 3.63) is 24.8 Å². The van der Waals surface area contributed by atoms with Crippen LogP contribution in [0.1, 0.15) is 13.8 Å². The molecule has 0 heterocycles. The van der Waals surface area contributed by atoms with Crippen molar-refractivity contribution in [1.29, 1.82) is 0 Å². The van der Waals surface area contributed by atoms with Crippen LogP contribution in [0.5, 0.6) is 0 Å². The Balaban J connectivity index is 0. The maximum atomic E-state index is 10.5. The number of aliphatic hydroxyl groups is 1. The van der Waals surface area contributed by atoms with Gasteiger partial charge in [0.15, 0.2) is 0 Å². The lowest BCUT2D eigenvalue weighted by Crippen LogP contribution is -2.11. The summed E-state index contributed by atoms with van der Waals surface area (Å²) in [7, 11) is 0. The Kier molecular flexibility index (Phi) is 17.8. The van der Waals surface area contributed by atoms with Gasteiger partial charge in [-0.15, -0.1) is 0 Å². The van der Waals surface area contributed by atoms with Gasteiger partial charge in [-0.05, 0) is 13.8 Å². The average molecular weight is 318 g/mol. The molecular weight excluding hydrogens is 292 g/mol. The smallest absolute Gasteiger partial charge is 0.333 e. The van der Waals surface area contributed by atoms with Crippen LogP contribution >= 0.6 is 0 Å². The zero-order valence-corrected chi connectivity index (χ0v) is 13.3. The number of esters is 2. The highest BCUT2D eigenvalue weighted by Gasteiger charge is 1.99. The predicted molar refractivity (Wildman–Crippen MR) is 81.3 cm³/mol. The molecule has 7 heteroatoms. The molecular formula is C15H26O7. The van der Waals surface area contributed by atoms with Crippen molar-refractivity contribution in [2.75, 3.05) is 46.2 Å². The normalized spacial score (nSPS) is 9.23. The molecule has 1 N–H and O–H groups in total. The fourth-order valence-corrected chi connectivity index (χ4v) is 0.886. The summed E-state index contributed by atoms with van der Waals surface area (Å²) in [6.45, 7) is 12.4. The van der Waals surface area contributed by atoms with Gasteiger partial charge in [0, 0.05) is 18.3 Å². The predicted octanol–water partition coefficient (Wildman–Crippen LogP) is 0.867. The molecule has 0 aliphatic heterocycles. The van der Waals surface area contributed by atoms with E-state index in [0.717, 1.165) is 6.08 Å². The van der Waals surface area contributed by atoms with E-state index in [1.54, 1.807) is 6.92 Å². The molecule has 128 valence electrons. The molecule has 0 saturated carbocycles. The maximum Gasteiger partial charge on any atom is 0.333 e. The van der Waals surface area contributed by atoms with E-state index in [-0.39, 0.29) is 19.8 Å². The Morgan fingerprint density at radius 3 is 2.14 bits per heavy atom. The molecule has 0 unspecified atom stereocenters. The van der Waals surface area contributed by atoms with E-state index in [9.17, 15) is 9.59 Å². The highest BCUT2D eigenvalue weighted by Crippen LogP contribution is 1.90. The van der Waals surface area contributed by atoms with Crippen LogP contribution < -0.4 is 0 Å². The molecule has 0 atom stereocenters. The zero-order valence-electron chi connectivity index (χ0n) is 13.3. The second-order valence-electron chi connectivity index (χ2n) is 3.82. The standard InChI is InChI=1S/C9H16O4.C6H10O3/c1-3-9(10)13-8-7-12-6-5-11-4-2;1-5(2)6(8)9-4-3-7/h3H,1,4-8H2,2H3;7H,1,3-4H2,2H3. The number of hydrogen-bond donors (Lipinski definition) is 1. The van der Waals surface area contributed by atoms with E-state index < -0.39 is 11.9 Å². The molecule has 0 aliphatic carbocycles. The van der Waals surface area contributed by atoms with Gasteiger partial charge in [-0.3, -0.25) is 0 Å². The molecule has 0 aromatic carbocycles. The first-order valence-electron chi connectivity index (χ1n) is 6.87. The van der Waals surface area contributed by atoms with Crippen LogP contribution in [0.25, 0.3) is 0 Å². The zero-order chi connectivity index (χ0) is 17.2. The Hall–Kier alpha value is -1.70. The summed E-state index contributed by atoms with van der Waals surface area (Å²) in [6.07, 6.45) is 1.13. The van der Waals surface area contributed by atoms with Gasteiger partial charge >= 0.3 is 11.9 Å². The fourth-order valence-electron chi connectivity index (χ4n) is 0.886. The summed E-state index contributed by atoms with van der Waals surface area (Å²) < 4.78 is 19.3. The topological polar surface area (TPSA) is 91.3 Å². The minimum Gasteiger partial charge on any atom is -0.460 e. The minimum atomic E-state index is -0.455.